The summed E-state index contributed by atoms with van der Waals surface area (Å²) in [4.78, 5) is 15.8. The van der Waals surface area contributed by atoms with Gasteiger partial charge in [-0.15, -0.1) is 0 Å². The minimum Gasteiger partial charge on any atom is -0.497 e. The first-order valence-corrected chi connectivity index (χ1v) is 13.5. The molecule has 0 fully saturated rings. The fourth-order valence-electron chi connectivity index (χ4n) is 3.99. The first kappa shape index (κ1) is 29.1. The van der Waals surface area contributed by atoms with E-state index >= 15 is 4.39 Å². The summed E-state index contributed by atoms with van der Waals surface area (Å²) in [5, 5.41) is 9.24. The fraction of sp³-hybridized carbons (Fsp3) is 0.154. The third kappa shape index (κ3) is 6.31. The van der Waals surface area contributed by atoms with Gasteiger partial charge in [0.2, 0.25) is 0 Å². The summed E-state index contributed by atoms with van der Waals surface area (Å²) in [6, 6.07) is 14.1. The average Bonchev–Trinajstić information content (AvgIpc) is 3.38. The zero-order valence-electron chi connectivity index (χ0n) is 21.3. The fourth-order valence-corrected chi connectivity index (χ4v) is 4.90. The van der Waals surface area contributed by atoms with Crippen LogP contribution in [-0.4, -0.2) is 37.5 Å². The molecule has 41 heavy (non-hydrogen) atoms. The molecule has 1 N–H and O–H groups in total. The number of methoxy groups -OCH3 is 1. The van der Waals surface area contributed by atoms with E-state index in [9.17, 15) is 26.4 Å². The Balaban J connectivity index is 1.75. The highest BCUT2D eigenvalue weighted by Gasteiger charge is 2.36. The summed E-state index contributed by atoms with van der Waals surface area (Å²) in [7, 11) is -2.28. The number of ether oxygens (including phenoxy) is 1. The maximum absolute atomic E-state index is 15.1. The molecule has 0 spiro atoms. The van der Waals surface area contributed by atoms with Crippen molar-refractivity contribution >= 4 is 21.4 Å². The van der Waals surface area contributed by atoms with Gasteiger partial charge in [0.1, 0.15) is 17.3 Å². The highest BCUT2D eigenvalue weighted by atomic mass is 32.2. The topological polar surface area (TPSA) is 139 Å². The number of hydrogen-bond acceptors (Lipinski definition) is 6. The summed E-state index contributed by atoms with van der Waals surface area (Å²) in [6.45, 7) is -0.295. The molecule has 0 aliphatic heterocycles. The molecule has 1 aromatic heterocycles. The molecule has 15 heteroatoms. The molecular weight excluding hydrogens is 568 g/mol. The van der Waals surface area contributed by atoms with E-state index in [4.69, 9.17) is 10.3 Å². The second-order valence-corrected chi connectivity index (χ2v) is 10.6. The van der Waals surface area contributed by atoms with Crippen molar-refractivity contribution in [2.75, 3.05) is 18.7 Å². The van der Waals surface area contributed by atoms with E-state index in [-0.39, 0.29) is 39.5 Å². The molecule has 0 bridgehead atoms. The first-order valence-electron chi connectivity index (χ1n) is 11.6. The van der Waals surface area contributed by atoms with Gasteiger partial charge in [-0.25, -0.2) is 17.5 Å². The molecule has 0 radical (unpaired) electrons. The van der Waals surface area contributed by atoms with Crippen LogP contribution in [-0.2, 0) is 22.6 Å². The van der Waals surface area contributed by atoms with Crippen LogP contribution in [0.25, 0.3) is 27.3 Å². The lowest BCUT2D eigenvalue weighted by atomic mass is 10.0. The van der Waals surface area contributed by atoms with Crippen LogP contribution >= 0.6 is 0 Å². The minimum atomic E-state index is -4.92. The van der Waals surface area contributed by atoms with Gasteiger partial charge in [0.25, 0.3) is 5.91 Å². The molecule has 0 saturated heterocycles. The lowest BCUT2D eigenvalue weighted by Gasteiger charge is -2.14. The SMILES string of the molecule is COc1ccc(-n2nc(C(F)(F)F)cc2C(=O)Nc2ccc(-c3ccccc3S(C)(=O)=O)cc2F)c(CN=[N+]=[N-])c1. The lowest BCUT2D eigenvalue weighted by molar-refractivity contribution is -0.141. The van der Waals surface area contributed by atoms with Gasteiger partial charge in [-0.05, 0) is 53.1 Å². The third-order valence-corrected chi connectivity index (χ3v) is 7.02. The molecule has 0 atom stereocenters. The molecule has 0 aliphatic carbocycles. The maximum Gasteiger partial charge on any atom is 0.435 e. The Morgan fingerprint density at radius 1 is 1.12 bits per heavy atom. The number of carbonyl (C=O) groups is 1. The molecule has 212 valence electrons. The van der Waals surface area contributed by atoms with Gasteiger partial charge >= 0.3 is 6.18 Å². The Bertz CT molecular complexity index is 1800. The Morgan fingerprint density at radius 2 is 1.85 bits per heavy atom. The van der Waals surface area contributed by atoms with Gasteiger partial charge in [-0.3, -0.25) is 4.79 Å². The molecule has 1 heterocycles. The van der Waals surface area contributed by atoms with E-state index in [1.807, 2.05) is 0 Å². The molecule has 0 aliphatic rings. The van der Waals surface area contributed by atoms with Crippen molar-refractivity contribution in [2.24, 2.45) is 5.11 Å². The van der Waals surface area contributed by atoms with Crippen LogP contribution in [0.2, 0.25) is 0 Å². The number of anilines is 1. The molecular formula is C26H20F4N6O4S. The number of nitrogens with zero attached hydrogens (tertiary/aromatic N) is 5. The molecule has 0 saturated carbocycles. The van der Waals surface area contributed by atoms with Crippen LogP contribution in [0.1, 0.15) is 21.7 Å². The summed E-state index contributed by atoms with van der Waals surface area (Å²) >= 11 is 0. The molecule has 0 unspecified atom stereocenters. The van der Waals surface area contributed by atoms with Crippen molar-refractivity contribution in [2.45, 2.75) is 17.6 Å². The van der Waals surface area contributed by atoms with Crippen molar-refractivity contribution in [3.05, 3.63) is 99.9 Å². The second-order valence-electron chi connectivity index (χ2n) is 8.63. The Morgan fingerprint density at radius 3 is 2.49 bits per heavy atom. The van der Waals surface area contributed by atoms with Gasteiger partial charge in [0.05, 0.1) is 29.9 Å². The lowest BCUT2D eigenvalue weighted by Crippen LogP contribution is -2.18. The summed E-state index contributed by atoms with van der Waals surface area (Å²) in [6.07, 6.45) is -3.91. The number of hydrogen-bond donors (Lipinski definition) is 1. The normalized spacial score (nSPS) is 11.6. The van der Waals surface area contributed by atoms with Gasteiger partial charge < -0.3 is 10.1 Å². The van der Waals surface area contributed by atoms with Gasteiger partial charge in [0.15, 0.2) is 15.5 Å². The first-order chi connectivity index (χ1) is 19.3. The van der Waals surface area contributed by atoms with Crippen molar-refractivity contribution in [1.82, 2.24) is 9.78 Å². The summed E-state index contributed by atoms with van der Waals surface area (Å²) in [5.74, 6) is -1.78. The second kappa shape index (κ2) is 11.3. The Labute approximate surface area is 230 Å². The largest absolute Gasteiger partial charge is 0.497 e. The Kier molecular flexibility index (Phi) is 8.03. The highest BCUT2D eigenvalue weighted by molar-refractivity contribution is 7.90. The number of halogens is 4. The van der Waals surface area contributed by atoms with Crippen molar-refractivity contribution in [3.8, 4) is 22.6 Å². The Hall–Kier alpha value is -4.88. The van der Waals surface area contributed by atoms with E-state index in [0.717, 1.165) is 18.4 Å². The number of alkyl halides is 3. The maximum atomic E-state index is 15.1. The minimum absolute atomic E-state index is 0.00736. The van der Waals surface area contributed by atoms with Crippen LogP contribution in [0.5, 0.6) is 5.75 Å². The number of benzene rings is 3. The van der Waals surface area contributed by atoms with E-state index in [0.29, 0.717) is 16.5 Å². The molecule has 3 aromatic carbocycles. The van der Waals surface area contributed by atoms with Crippen LogP contribution in [0.4, 0.5) is 23.2 Å². The monoisotopic (exact) mass is 588 g/mol. The zero-order valence-corrected chi connectivity index (χ0v) is 22.2. The number of amides is 1. The molecule has 4 rings (SSSR count). The quantitative estimate of drug-likeness (QED) is 0.113. The van der Waals surface area contributed by atoms with E-state index in [1.54, 1.807) is 6.07 Å². The third-order valence-electron chi connectivity index (χ3n) is 5.87. The standard InChI is InChI=1S/C26H20F4N6O4S/c1-40-17-8-10-21(16(11-17)14-32-35-31)36-22(13-24(34-36)26(28,29)30)25(37)33-20-9-7-15(12-19(20)27)18-5-3-4-6-23(18)41(2,38)39/h3-13H,14H2,1-2H3,(H,33,37). The van der Waals surface area contributed by atoms with Crippen LogP contribution in [0.15, 0.2) is 76.7 Å². The number of azide groups is 1. The summed E-state index contributed by atoms with van der Waals surface area (Å²) < 4.78 is 86.1. The molecule has 4 aromatic rings. The number of carbonyl (C=O) groups excluding carboxylic acids is 1. The van der Waals surface area contributed by atoms with Gasteiger partial charge in [-0.1, -0.05) is 29.4 Å². The smallest absolute Gasteiger partial charge is 0.435 e. The van der Waals surface area contributed by atoms with Crippen molar-refractivity contribution < 1.29 is 35.5 Å². The molecule has 1 amide bonds. The van der Waals surface area contributed by atoms with E-state index < -0.39 is 39.1 Å². The number of rotatable bonds is 8. The van der Waals surface area contributed by atoms with Crippen LogP contribution in [0, 0.1) is 5.82 Å². The van der Waals surface area contributed by atoms with Crippen LogP contribution in [0.3, 0.4) is 0 Å². The average molecular weight is 589 g/mol. The predicted molar refractivity (Wildman–Crippen MR) is 141 cm³/mol. The van der Waals surface area contributed by atoms with E-state index in [1.165, 1.54) is 49.6 Å². The van der Waals surface area contributed by atoms with Crippen LogP contribution < -0.4 is 10.1 Å². The number of nitrogens with one attached hydrogen (secondary N) is 1. The zero-order chi connectivity index (χ0) is 29.9. The highest BCUT2D eigenvalue weighted by Crippen LogP contribution is 2.33. The molecule has 10 nitrogen and oxygen atoms in total. The summed E-state index contributed by atoms with van der Waals surface area (Å²) in [5.41, 5.74) is 7.01. The predicted octanol–water partition coefficient (Wildman–Crippen LogP) is 6.17. The van der Waals surface area contributed by atoms with E-state index in [2.05, 4.69) is 20.4 Å². The number of sulfone groups is 1. The number of aromatic nitrogens is 2. The van der Waals surface area contributed by atoms with Gasteiger partial charge in [0, 0.05) is 22.8 Å². The van der Waals surface area contributed by atoms with Crippen molar-refractivity contribution in [1.29, 1.82) is 0 Å². The van der Waals surface area contributed by atoms with Gasteiger partial charge in [-0.2, -0.15) is 18.3 Å². The van der Waals surface area contributed by atoms with Crippen molar-refractivity contribution in [3.63, 3.8) is 0 Å².